The summed E-state index contributed by atoms with van der Waals surface area (Å²) in [5, 5.41) is 0. The Labute approximate surface area is 109 Å². The van der Waals surface area contributed by atoms with E-state index < -0.39 is 9.84 Å². The number of benzene rings is 1. The molecule has 1 N–H and O–H groups in total. The van der Waals surface area contributed by atoms with Gasteiger partial charge in [-0.05, 0) is 18.2 Å². The van der Waals surface area contributed by atoms with Crippen LogP contribution in [0.3, 0.4) is 0 Å². The van der Waals surface area contributed by atoms with E-state index in [1.54, 1.807) is 36.8 Å². The first-order chi connectivity index (χ1) is 9.04. The summed E-state index contributed by atoms with van der Waals surface area (Å²) < 4.78 is 23.0. The molecule has 0 atom stereocenters. The molecule has 3 rings (SSSR count). The van der Waals surface area contributed by atoms with E-state index >= 15 is 0 Å². The van der Waals surface area contributed by atoms with Gasteiger partial charge in [-0.3, -0.25) is 4.98 Å². The summed E-state index contributed by atoms with van der Waals surface area (Å²) in [6.45, 7) is 0. The highest BCUT2D eigenvalue weighted by molar-refractivity contribution is 7.90. The first-order valence-corrected chi connectivity index (χ1v) is 7.39. The fraction of sp³-hybridized carbons (Fsp3) is 0.0833. The van der Waals surface area contributed by atoms with Crippen molar-refractivity contribution in [3.63, 3.8) is 0 Å². The zero-order chi connectivity index (χ0) is 13.5. The van der Waals surface area contributed by atoms with Crippen molar-refractivity contribution in [2.24, 2.45) is 0 Å². The summed E-state index contributed by atoms with van der Waals surface area (Å²) in [6, 6.07) is 4.78. The number of nitrogens with zero attached hydrogens (tertiary/aromatic N) is 3. The molecule has 3 aromatic rings. The Morgan fingerprint density at radius 3 is 2.74 bits per heavy atom. The summed E-state index contributed by atoms with van der Waals surface area (Å²) in [6.07, 6.45) is 5.92. The summed E-state index contributed by atoms with van der Waals surface area (Å²) in [7, 11) is -3.23. The topological polar surface area (TPSA) is 88.6 Å². The summed E-state index contributed by atoms with van der Waals surface area (Å²) >= 11 is 0. The van der Waals surface area contributed by atoms with Gasteiger partial charge in [-0.1, -0.05) is 0 Å². The number of rotatable bonds is 2. The van der Waals surface area contributed by atoms with Crippen LogP contribution in [0.25, 0.3) is 22.6 Å². The van der Waals surface area contributed by atoms with Crippen LogP contribution in [0, 0.1) is 0 Å². The molecule has 0 aliphatic heterocycles. The molecular weight excluding hydrogens is 264 g/mol. The summed E-state index contributed by atoms with van der Waals surface area (Å²) in [5.74, 6) is 0.564. The molecule has 0 unspecified atom stereocenters. The lowest BCUT2D eigenvalue weighted by Crippen LogP contribution is -1.96. The molecule has 7 heteroatoms. The highest BCUT2D eigenvalue weighted by Gasteiger charge is 2.11. The third-order valence-electron chi connectivity index (χ3n) is 2.69. The molecule has 0 aliphatic rings. The van der Waals surface area contributed by atoms with E-state index in [4.69, 9.17) is 0 Å². The highest BCUT2D eigenvalue weighted by atomic mass is 32.2. The van der Waals surface area contributed by atoms with Crippen LogP contribution in [-0.4, -0.2) is 34.6 Å². The van der Waals surface area contributed by atoms with E-state index in [9.17, 15) is 8.42 Å². The second-order valence-corrected chi connectivity index (χ2v) is 6.14. The van der Waals surface area contributed by atoms with Crippen LogP contribution in [0.4, 0.5) is 0 Å². The number of sulfone groups is 1. The first kappa shape index (κ1) is 11.8. The Morgan fingerprint density at radius 1 is 1.21 bits per heavy atom. The molecule has 0 bridgehead atoms. The average Bonchev–Trinajstić information content (AvgIpc) is 2.81. The van der Waals surface area contributed by atoms with Gasteiger partial charge in [-0.25, -0.2) is 18.4 Å². The monoisotopic (exact) mass is 274 g/mol. The predicted octanol–water partition coefficient (Wildman–Crippen LogP) is 1.42. The molecule has 19 heavy (non-hydrogen) atoms. The number of aromatic amines is 1. The number of fused-ring (bicyclic) bond motifs is 1. The number of aromatic nitrogens is 4. The number of hydrogen-bond donors (Lipinski definition) is 1. The molecule has 2 heterocycles. The largest absolute Gasteiger partial charge is 0.337 e. The van der Waals surface area contributed by atoms with Gasteiger partial charge in [0.25, 0.3) is 0 Å². The van der Waals surface area contributed by atoms with Crippen molar-refractivity contribution in [2.45, 2.75) is 4.90 Å². The molecule has 0 radical (unpaired) electrons. The smallest absolute Gasteiger partial charge is 0.175 e. The standard InChI is InChI=1S/C12H10N4O2S/c1-19(17,18)8-2-3-9-10(6-8)16-12(15-9)11-7-13-4-5-14-11/h2-7H,1H3,(H,15,16). The van der Waals surface area contributed by atoms with Crippen molar-refractivity contribution < 1.29 is 8.42 Å². The van der Waals surface area contributed by atoms with Gasteiger partial charge in [0, 0.05) is 18.6 Å². The van der Waals surface area contributed by atoms with Crippen molar-refractivity contribution in [1.29, 1.82) is 0 Å². The van der Waals surface area contributed by atoms with Gasteiger partial charge < -0.3 is 4.98 Å². The summed E-state index contributed by atoms with van der Waals surface area (Å²) in [4.78, 5) is 15.8. The quantitative estimate of drug-likeness (QED) is 0.763. The Hall–Kier alpha value is -2.28. The van der Waals surface area contributed by atoms with Crippen molar-refractivity contribution >= 4 is 20.9 Å². The maximum Gasteiger partial charge on any atom is 0.175 e. The lowest BCUT2D eigenvalue weighted by Gasteiger charge is -1.96. The maximum absolute atomic E-state index is 11.5. The maximum atomic E-state index is 11.5. The zero-order valence-corrected chi connectivity index (χ0v) is 10.8. The Morgan fingerprint density at radius 2 is 2.05 bits per heavy atom. The minimum atomic E-state index is -3.23. The average molecular weight is 274 g/mol. The van der Waals surface area contributed by atoms with E-state index in [1.165, 1.54) is 6.26 Å². The van der Waals surface area contributed by atoms with E-state index in [-0.39, 0.29) is 4.90 Å². The van der Waals surface area contributed by atoms with Crippen LogP contribution in [-0.2, 0) is 9.84 Å². The molecule has 1 aromatic carbocycles. The van der Waals surface area contributed by atoms with Crippen molar-refractivity contribution in [2.75, 3.05) is 6.26 Å². The minimum Gasteiger partial charge on any atom is -0.337 e. The molecule has 0 saturated carbocycles. The second-order valence-electron chi connectivity index (χ2n) is 4.13. The van der Waals surface area contributed by atoms with E-state index in [1.807, 2.05) is 0 Å². The molecular formula is C12H10N4O2S. The Balaban J connectivity index is 2.17. The molecule has 6 nitrogen and oxygen atoms in total. The van der Waals surface area contributed by atoms with Crippen molar-refractivity contribution in [3.05, 3.63) is 36.8 Å². The fourth-order valence-corrected chi connectivity index (χ4v) is 2.41. The van der Waals surface area contributed by atoms with Gasteiger partial charge in [0.1, 0.15) is 5.69 Å². The first-order valence-electron chi connectivity index (χ1n) is 5.50. The van der Waals surface area contributed by atoms with E-state index in [0.29, 0.717) is 22.6 Å². The normalized spacial score (nSPS) is 11.8. The van der Waals surface area contributed by atoms with Crippen LogP contribution >= 0.6 is 0 Å². The van der Waals surface area contributed by atoms with Crippen molar-refractivity contribution in [1.82, 2.24) is 19.9 Å². The number of imidazole rings is 1. The lowest BCUT2D eigenvalue weighted by atomic mass is 10.3. The predicted molar refractivity (Wildman–Crippen MR) is 70.2 cm³/mol. The van der Waals surface area contributed by atoms with Crippen LogP contribution in [0.15, 0.2) is 41.7 Å². The van der Waals surface area contributed by atoms with E-state index in [2.05, 4.69) is 19.9 Å². The third kappa shape index (κ3) is 2.19. The molecule has 0 amide bonds. The third-order valence-corrected chi connectivity index (χ3v) is 3.80. The van der Waals surface area contributed by atoms with Crippen molar-refractivity contribution in [3.8, 4) is 11.5 Å². The van der Waals surface area contributed by atoms with Gasteiger partial charge in [0.05, 0.1) is 22.1 Å². The number of nitrogens with one attached hydrogen (secondary N) is 1. The minimum absolute atomic E-state index is 0.259. The van der Waals surface area contributed by atoms with Gasteiger partial charge >= 0.3 is 0 Å². The number of H-pyrrole nitrogens is 1. The molecule has 96 valence electrons. The Bertz CT molecular complexity index is 841. The SMILES string of the molecule is CS(=O)(=O)c1ccc2nc(-c3cnccn3)[nH]c2c1. The molecule has 0 saturated heterocycles. The second kappa shape index (κ2) is 4.13. The van der Waals surface area contributed by atoms with Crippen LogP contribution in [0.1, 0.15) is 0 Å². The van der Waals surface area contributed by atoms with Gasteiger partial charge in [0.15, 0.2) is 15.7 Å². The Kier molecular flexibility index (Phi) is 2.56. The molecule has 0 aliphatic carbocycles. The number of hydrogen-bond acceptors (Lipinski definition) is 5. The van der Waals surface area contributed by atoms with Gasteiger partial charge in [0.2, 0.25) is 0 Å². The van der Waals surface area contributed by atoms with Crippen LogP contribution in [0.2, 0.25) is 0 Å². The van der Waals surface area contributed by atoms with Crippen LogP contribution < -0.4 is 0 Å². The molecule has 0 fully saturated rings. The molecule has 2 aromatic heterocycles. The van der Waals surface area contributed by atoms with Crippen LogP contribution in [0.5, 0.6) is 0 Å². The van der Waals surface area contributed by atoms with E-state index in [0.717, 1.165) is 0 Å². The van der Waals surface area contributed by atoms with Gasteiger partial charge in [-0.15, -0.1) is 0 Å². The lowest BCUT2D eigenvalue weighted by molar-refractivity contribution is 0.602. The van der Waals surface area contributed by atoms with Gasteiger partial charge in [-0.2, -0.15) is 0 Å². The zero-order valence-electron chi connectivity index (χ0n) is 10.0. The molecule has 0 spiro atoms. The highest BCUT2D eigenvalue weighted by Crippen LogP contribution is 2.21. The fourth-order valence-electron chi connectivity index (χ4n) is 1.76. The summed E-state index contributed by atoms with van der Waals surface area (Å²) in [5.41, 5.74) is 1.95.